The highest BCUT2D eigenvalue weighted by atomic mass is 32.1. The maximum Gasteiger partial charge on any atom is 0.223 e. The summed E-state index contributed by atoms with van der Waals surface area (Å²) in [5, 5.41) is 9.80. The third-order valence-electron chi connectivity index (χ3n) is 5.32. The molecule has 0 radical (unpaired) electrons. The molecule has 3 heterocycles. The number of allylic oxidation sites excluding steroid dienone is 1. The minimum Gasteiger partial charge on any atom is -0.334 e. The van der Waals surface area contributed by atoms with Crippen molar-refractivity contribution in [2.24, 2.45) is 5.92 Å². The lowest BCUT2D eigenvalue weighted by atomic mass is 9.98. The molecule has 2 unspecified atom stereocenters. The second-order valence-electron chi connectivity index (χ2n) is 7.49. The Kier molecular flexibility index (Phi) is 5.26. The maximum atomic E-state index is 12.8. The predicted molar refractivity (Wildman–Crippen MR) is 112 cm³/mol. The number of likely N-dealkylation sites (tertiary alicyclic amines) is 1. The second-order valence-corrected chi connectivity index (χ2v) is 8.72. The SMILES string of the molecule is C=CC(C)CC(=O)N1CCCCC1c1cn(-c2ccc3sc(C)nc3c2)nn1. The van der Waals surface area contributed by atoms with Crippen LogP contribution in [0.15, 0.2) is 37.1 Å². The van der Waals surface area contributed by atoms with Crippen LogP contribution < -0.4 is 0 Å². The van der Waals surface area contributed by atoms with Crippen LogP contribution in [0.1, 0.15) is 49.4 Å². The fourth-order valence-corrected chi connectivity index (χ4v) is 4.55. The van der Waals surface area contributed by atoms with Crippen LogP contribution in [0, 0.1) is 12.8 Å². The molecule has 0 bridgehead atoms. The van der Waals surface area contributed by atoms with Gasteiger partial charge in [-0.25, -0.2) is 9.67 Å². The van der Waals surface area contributed by atoms with Crippen LogP contribution in [-0.4, -0.2) is 37.3 Å². The summed E-state index contributed by atoms with van der Waals surface area (Å²) in [5.74, 6) is 0.352. The summed E-state index contributed by atoms with van der Waals surface area (Å²) in [6.45, 7) is 8.62. The Morgan fingerprint density at radius 3 is 3.11 bits per heavy atom. The first-order valence-corrected chi connectivity index (χ1v) is 10.6. The summed E-state index contributed by atoms with van der Waals surface area (Å²) < 4.78 is 2.95. The number of aryl methyl sites for hydroxylation is 1. The van der Waals surface area contributed by atoms with Gasteiger partial charge in [-0.2, -0.15) is 0 Å². The Bertz CT molecular complexity index is 1010. The van der Waals surface area contributed by atoms with Gasteiger partial charge in [0.05, 0.1) is 33.2 Å². The number of benzene rings is 1. The molecule has 1 fully saturated rings. The van der Waals surface area contributed by atoms with E-state index in [1.54, 1.807) is 16.0 Å². The number of hydrogen-bond donors (Lipinski definition) is 0. The molecule has 2 atom stereocenters. The predicted octanol–water partition coefficient (Wildman–Crippen LogP) is 4.45. The molecule has 4 rings (SSSR count). The minimum absolute atomic E-state index is 0.00253. The Labute approximate surface area is 168 Å². The van der Waals surface area contributed by atoms with Crippen molar-refractivity contribution < 1.29 is 4.79 Å². The van der Waals surface area contributed by atoms with E-state index in [4.69, 9.17) is 0 Å². The van der Waals surface area contributed by atoms with Crippen LogP contribution in [0.3, 0.4) is 0 Å². The summed E-state index contributed by atoms with van der Waals surface area (Å²) in [6.07, 6.45) is 7.35. The van der Waals surface area contributed by atoms with Gasteiger partial charge in [0.25, 0.3) is 0 Å². The molecular weight excluding hydrogens is 370 g/mol. The number of aromatic nitrogens is 4. The number of nitrogens with zero attached hydrogens (tertiary/aromatic N) is 5. The number of rotatable bonds is 5. The number of carbonyl (C=O) groups is 1. The van der Waals surface area contributed by atoms with E-state index in [9.17, 15) is 4.79 Å². The lowest BCUT2D eigenvalue weighted by molar-refractivity contribution is -0.135. The molecule has 0 N–H and O–H groups in total. The van der Waals surface area contributed by atoms with Gasteiger partial charge in [0.15, 0.2) is 0 Å². The zero-order chi connectivity index (χ0) is 19.7. The average molecular weight is 396 g/mol. The maximum absolute atomic E-state index is 12.8. The minimum atomic E-state index is -0.00253. The number of hydrogen-bond acceptors (Lipinski definition) is 5. The van der Waals surface area contributed by atoms with Gasteiger partial charge in [0, 0.05) is 13.0 Å². The molecule has 7 heteroatoms. The monoisotopic (exact) mass is 395 g/mol. The van der Waals surface area contributed by atoms with Gasteiger partial charge >= 0.3 is 0 Å². The molecule has 0 aliphatic carbocycles. The van der Waals surface area contributed by atoms with Crippen LogP contribution in [0.25, 0.3) is 15.9 Å². The number of thiazole rings is 1. The molecule has 28 heavy (non-hydrogen) atoms. The molecule has 1 saturated heterocycles. The molecule has 0 saturated carbocycles. The largest absolute Gasteiger partial charge is 0.334 e. The van der Waals surface area contributed by atoms with E-state index in [1.165, 1.54) is 4.70 Å². The molecule has 1 aliphatic heterocycles. The number of fused-ring (bicyclic) bond motifs is 1. The van der Waals surface area contributed by atoms with Crippen molar-refractivity contribution in [3.8, 4) is 5.69 Å². The first-order chi connectivity index (χ1) is 13.5. The van der Waals surface area contributed by atoms with Crippen molar-refractivity contribution in [1.29, 1.82) is 0 Å². The van der Waals surface area contributed by atoms with Crippen LogP contribution in [-0.2, 0) is 4.79 Å². The summed E-state index contributed by atoms with van der Waals surface area (Å²) in [7, 11) is 0. The zero-order valence-corrected chi connectivity index (χ0v) is 17.2. The third-order valence-corrected chi connectivity index (χ3v) is 6.27. The summed E-state index contributed by atoms with van der Waals surface area (Å²) in [4.78, 5) is 19.3. The van der Waals surface area contributed by atoms with E-state index >= 15 is 0 Å². The van der Waals surface area contributed by atoms with Gasteiger partial charge in [-0.15, -0.1) is 23.0 Å². The number of piperidine rings is 1. The topological polar surface area (TPSA) is 63.9 Å². The number of carbonyl (C=O) groups excluding carboxylic acids is 1. The normalized spacial score (nSPS) is 18.4. The van der Waals surface area contributed by atoms with E-state index in [-0.39, 0.29) is 17.9 Å². The molecule has 3 aromatic rings. The lowest BCUT2D eigenvalue weighted by Gasteiger charge is -2.35. The molecule has 0 spiro atoms. The van der Waals surface area contributed by atoms with Crippen LogP contribution in [0.5, 0.6) is 0 Å². The van der Waals surface area contributed by atoms with Crippen molar-refractivity contribution in [3.63, 3.8) is 0 Å². The van der Waals surface area contributed by atoms with Gasteiger partial charge in [-0.05, 0) is 50.3 Å². The summed E-state index contributed by atoms with van der Waals surface area (Å²) >= 11 is 1.69. The van der Waals surface area contributed by atoms with E-state index in [0.717, 1.165) is 47.7 Å². The van der Waals surface area contributed by atoms with Crippen molar-refractivity contribution in [2.45, 2.75) is 45.6 Å². The molecule has 6 nitrogen and oxygen atoms in total. The summed E-state index contributed by atoms with van der Waals surface area (Å²) in [6, 6.07) is 6.14. The standard InChI is InChI=1S/C21H25N5OS/c1-4-14(2)11-21(27)25-10-6-5-7-19(25)18-13-26(24-23-18)16-8-9-20-17(12-16)22-15(3)28-20/h4,8-9,12-14,19H,1,5-7,10-11H2,2-3H3. The fraction of sp³-hybridized carbons (Fsp3) is 0.429. The van der Waals surface area contributed by atoms with Crippen LogP contribution in [0.4, 0.5) is 0 Å². The Balaban J connectivity index is 1.58. The molecular formula is C21H25N5OS. The quantitative estimate of drug-likeness (QED) is 0.599. The molecule has 1 amide bonds. The van der Waals surface area contributed by atoms with Crippen molar-refractivity contribution in [1.82, 2.24) is 24.9 Å². The van der Waals surface area contributed by atoms with Crippen molar-refractivity contribution >= 4 is 27.5 Å². The lowest BCUT2D eigenvalue weighted by Crippen LogP contribution is -2.39. The van der Waals surface area contributed by atoms with E-state index in [2.05, 4.69) is 27.9 Å². The van der Waals surface area contributed by atoms with Crippen LogP contribution >= 0.6 is 11.3 Å². The van der Waals surface area contributed by atoms with Gasteiger partial charge < -0.3 is 4.90 Å². The van der Waals surface area contributed by atoms with Gasteiger partial charge in [0.2, 0.25) is 5.91 Å². The highest BCUT2D eigenvalue weighted by Crippen LogP contribution is 2.31. The van der Waals surface area contributed by atoms with Crippen LogP contribution in [0.2, 0.25) is 0 Å². The summed E-state index contributed by atoms with van der Waals surface area (Å²) in [5.41, 5.74) is 2.77. The Morgan fingerprint density at radius 2 is 2.29 bits per heavy atom. The van der Waals surface area contributed by atoms with Gasteiger partial charge in [-0.3, -0.25) is 4.79 Å². The second kappa shape index (κ2) is 7.83. The van der Waals surface area contributed by atoms with Gasteiger partial charge in [0.1, 0.15) is 5.69 Å². The van der Waals surface area contributed by atoms with Crippen molar-refractivity contribution in [2.75, 3.05) is 6.54 Å². The first kappa shape index (κ1) is 18.8. The Morgan fingerprint density at radius 1 is 1.43 bits per heavy atom. The smallest absolute Gasteiger partial charge is 0.223 e. The fourth-order valence-electron chi connectivity index (χ4n) is 3.74. The Hall–Kier alpha value is -2.54. The van der Waals surface area contributed by atoms with Gasteiger partial charge in [-0.1, -0.05) is 18.2 Å². The highest BCUT2D eigenvalue weighted by molar-refractivity contribution is 7.18. The molecule has 146 valence electrons. The molecule has 1 aliphatic rings. The average Bonchev–Trinajstić information content (AvgIpc) is 3.33. The molecule has 2 aromatic heterocycles. The third kappa shape index (κ3) is 3.71. The van der Waals surface area contributed by atoms with E-state index in [1.807, 2.05) is 43.2 Å². The number of amides is 1. The van der Waals surface area contributed by atoms with Crippen molar-refractivity contribution in [3.05, 3.63) is 47.8 Å². The van der Waals surface area contributed by atoms with E-state index < -0.39 is 0 Å². The highest BCUT2D eigenvalue weighted by Gasteiger charge is 2.30. The first-order valence-electron chi connectivity index (χ1n) is 9.77. The zero-order valence-electron chi connectivity index (χ0n) is 16.3. The molecule has 1 aromatic carbocycles. The van der Waals surface area contributed by atoms with E-state index in [0.29, 0.717) is 6.42 Å².